The van der Waals surface area contributed by atoms with Crippen molar-refractivity contribution in [3.05, 3.63) is 69.1 Å². The van der Waals surface area contributed by atoms with Crippen LogP contribution in [0.15, 0.2) is 40.1 Å². The van der Waals surface area contributed by atoms with E-state index in [0.29, 0.717) is 27.8 Å². The van der Waals surface area contributed by atoms with Crippen LogP contribution in [-0.2, 0) is 22.6 Å². The highest BCUT2D eigenvalue weighted by Crippen LogP contribution is 2.17. The predicted molar refractivity (Wildman–Crippen MR) is 103 cm³/mol. The monoisotopic (exact) mass is 384 g/mol. The number of nitrogens with zero attached hydrogens (tertiary/aromatic N) is 1. The van der Waals surface area contributed by atoms with Crippen molar-refractivity contribution in [3.8, 4) is 0 Å². The van der Waals surface area contributed by atoms with Crippen LogP contribution in [0.5, 0.6) is 0 Å². The molecule has 0 radical (unpaired) electrons. The Bertz CT molecular complexity index is 957. The van der Waals surface area contributed by atoms with E-state index in [-0.39, 0.29) is 18.9 Å². The van der Waals surface area contributed by atoms with E-state index in [2.05, 4.69) is 10.3 Å². The summed E-state index contributed by atoms with van der Waals surface area (Å²) in [7, 11) is 0. The van der Waals surface area contributed by atoms with Gasteiger partial charge in [0.2, 0.25) is 5.91 Å². The Hall–Kier alpha value is -2.93. The van der Waals surface area contributed by atoms with E-state index < -0.39 is 5.97 Å². The number of carbonyl (C=O) groups is 2. The topological polar surface area (TPSA) is 81.4 Å². The standard InChI is InChI=1S/C20H20N2O4S/c1-12-4-6-15(7-5-12)21-18(23)9-19-22-16(11-27-19)10-25-20(24)17-8-13(2)26-14(17)3/h4-8,11H,9-10H2,1-3H3,(H,21,23). The molecule has 2 heterocycles. The normalized spacial score (nSPS) is 10.6. The van der Waals surface area contributed by atoms with Gasteiger partial charge in [-0.2, -0.15) is 0 Å². The summed E-state index contributed by atoms with van der Waals surface area (Å²) in [6.07, 6.45) is 0.173. The lowest BCUT2D eigenvalue weighted by Crippen LogP contribution is -2.14. The summed E-state index contributed by atoms with van der Waals surface area (Å²) in [5.74, 6) is 0.608. The van der Waals surface area contributed by atoms with Gasteiger partial charge in [0.25, 0.3) is 0 Å². The third kappa shape index (κ3) is 5.04. The molecule has 0 aliphatic heterocycles. The number of amides is 1. The number of aromatic nitrogens is 1. The number of hydrogen-bond donors (Lipinski definition) is 1. The summed E-state index contributed by atoms with van der Waals surface area (Å²) >= 11 is 1.36. The molecule has 2 aromatic heterocycles. The molecule has 0 unspecified atom stereocenters. The number of rotatable bonds is 6. The zero-order valence-corrected chi connectivity index (χ0v) is 16.2. The lowest BCUT2D eigenvalue weighted by Gasteiger charge is -2.04. The zero-order valence-electron chi connectivity index (χ0n) is 15.4. The quantitative estimate of drug-likeness (QED) is 0.644. The molecule has 0 atom stereocenters. The molecular formula is C20H20N2O4S. The van der Waals surface area contributed by atoms with E-state index in [1.165, 1.54) is 11.3 Å². The van der Waals surface area contributed by atoms with E-state index in [9.17, 15) is 9.59 Å². The molecule has 3 aromatic rings. The first-order valence-electron chi connectivity index (χ1n) is 8.44. The SMILES string of the molecule is Cc1ccc(NC(=O)Cc2nc(COC(=O)c3cc(C)oc3C)cs2)cc1. The number of benzene rings is 1. The number of anilines is 1. The lowest BCUT2D eigenvalue weighted by molar-refractivity contribution is -0.115. The predicted octanol–water partition coefficient (Wildman–Crippen LogP) is 4.20. The first-order valence-corrected chi connectivity index (χ1v) is 9.32. The molecule has 140 valence electrons. The summed E-state index contributed by atoms with van der Waals surface area (Å²) in [4.78, 5) is 28.6. The highest BCUT2D eigenvalue weighted by Gasteiger charge is 2.16. The summed E-state index contributed by atoms with van der Waals surface area (Å²) in [6, 6.07) is 9.25. The molecule has 0 saturated heterocycles. The number of nitrogens with one attached hydrogen (secondary N) is 1. The van der Waals surface area contributed by atoms with Crippen LogP contribution in [0.1, 0.15) is 38.1 Å². The third-order valence-electron chi connectivity index (χ3n) is 3.86. The maximum absolute atomic E-state index is 12.1. The number of esters is 1. The summed E-state index contributed by atoms with van der Waals surface area (Å²) in [6.45, 7) is 5.54. The van der Waals surface area contributed by atoms with Gasteiger partial charge in [0.1, 0.15) is 28.7 Å². The van der Waals surface area contributed by atoms with Gasteiger partial charge in [-0.15, -0.1) is 11.3 Å². The fraction of sp³-hybridized carbons (Fsp3) is 0.250. The van der Waals surface area contributed by atoms with E-state index >= 15 is 0 Å². The number of hydrogen-bond acceptors (Lipinski definition) is 6. The second-order valence-corrected chi connectivity index (χ2v) is 7.17. The number of aryl methyl sites for hydroxylation is 3. The largest absolute Gasteiger partial charge is 0.466 e. The van der Waals surface area contributed by atoms with Gasteiger partial charge in [-0.05, 0) is 39.0 Å². The van der Waals surface area contributed by atoms with Crippen LogP contribution in [0.3, 0.4) is 0 Å². The molecule has 0 spiro atoms. The van der Waals surface area contributed by atoms with Crippen molar-refractivity contribution in [1.29, 1.82) is 0 Å². The Labute approximate surface area is 161 Å². The molecule has 7 heteroatoms. The van der Waals surface area contributed by atoms with E-state index in [1.807, 2.05) is 31.2 Å². The van der Waals surface area contributed by atoms with Crippen LogP contribution < -0.4 is 5.32 Å². The van der Waals surface area contributed by atoms with Crippen molar-refractivity contribution in [2.75, 3.05) is 5.32 Å². The van der Waals surface area contributed by atoms with Crippen molar-refractivity contribution in [3.63, 3.8) is 0 Å². The summed E-state index contributed by atoms with van der Waals surface area (Å²) < 4.78 is 10.6. The van der Waals surface area contributed by atoms with Crippen LogP contribution >= 0.6 is 11.3 Å². The summed E-state index contributed by atoms with van der Waals surface area (Å²) in [5.41, 5.74) is 2.92. The number of thiazole rings is 1. The highest BCUT2D eigenvalue weighted by molar-refractivity contribution is 7.09. The van der Waals surface area contributed by atoms with Crippen molar-refractivity contribution < 1.29 is 18.7 Å². The molecule has 0 fully saturated rings. The van der Waals surface area contributed by atoms with Gasteiger partial charge in [-0.3, -0.25) is 4.79 Å². The zero-order chi connectivity index (χ0) is 19.4. The molecule has 1 aromatic carbocycles. The van der Waals surface area contributed by atoms with Crippen LogP contribution in [0, 0.1) is 20.8 Å². The maximum Gasteiger partial charge on any atom is 0.342 e. The van der Waals surface area contributed by atoms with Crippen LogP contribution in [0.25, 0.3) is 0 Å². The van der Waals surface area contributed by atoms with E-state index in [4.69, 9.17) is 9.15 Å². The number of ether oxygens (including phenoxy) is 1. The van der Waals surface area contributed by atoms with Crippen molar-refractivity contribution in [2.24, 2.45) is 0 Å². The van der Waals surface area contributed by atoms with E-state index in [1.54, 1.807) is 25.3 Å². The molecule has 6 nitrogen and oxygen atoms in total. The average Bonchev–Trinajstić information content (AvgIpc) is 3.20. The van der Waals surface area contributed by atoms with Gasteiger partial charge < -0.3 is 14.5 Å². The minimum absolute atomic E-state index is 0.0541. The Morgan fingerprint density at radius 1 is 1.19 bits per heavy atom. The van der Waals surface area contributed by atoms with Crippen molar-refractivity contribution in [1.82, 2.24) is 4.98 Å². The first kappa shape index (κ1) is 18.8. The molecule has 0 aliphatic rings. The molecule has 0 saturated carbocycles. The second-order valence-electron chi connectivity index (χ2n) is 6.23. The Morgan fingerprint density at radius 3 is 2.59 bits per heavy atom. The van der Waals surface area contributed by atoms with E-state index in [0.717, 1.165) is 11.3 Å². The van der Waals surface area contributed by atoms with Gasteiger partial charge in [-0.1, -0.05) is 17.7 Å². The van der Waals surface area contributed by atoms with Gasteiger partial charge in [0.05, 0.1) is 12.1 Å². The Morgan fingerprint density at radius 2 is 1.93 bits per heavy atom. The van der Waals surface area contributed by atoms with Crippen LogP contribution in [0.4, 0.5) is 5.69 Å². The van der Waals surface area contributed by atoms with Gasteiger partial charge in [0, 0.05) is 11.1 Å². The Balaban J connectivity index is 1.52. The molecule has 0 aliphatic carbocycles. The molecule has 3 rings (SSSR count). The Kier molecular flexibility index (Phi) is 5.71. The lowest BCUT2D eigenvalue weighted by atomic mass is 10.2. The first-order chi connectivity index (χ1) is 12.9. The van der Waals surface area contributed by atoms with Gasteiger partial charge in [0.15, 0.2) is 0 Å². The fourth-order valence-corrected chi connectivity index (χ4v) is 3.30. The second kappa shape index (κ2) is 8.18. The molecule has 1 N–H and O–H groups in total. The number of carbonyl (C=O) groups excluding carboxylic acids is 2. The van der Waals surface area contributed by atoms with Crippen molar-refractivity contribution in [2.45, 2.75) is 33.8 Å². The molecule has 0 bridgehead atoms. The number of furan rings is 1. The van der Waals surface area contributed by atoms with Crippen LogP contribution in [0.2, 0.25) is 0 Å². The van der Waals surface area contributed by atoms with Gasteiger partial charge >= 0.3 is 5.97 Å². The maximum atomic E-state index is 12.1. The molecule has 1 amide bonds. The highest BCUT2D eigenvalue weighted by atomic mass is 32.1. The van der Waals surface area contributed by atoms with Gasteiger partial charge in [-0.25, -0.2) is 9.78 Å². The minimum Gasteiger partial charge on any atom is -0.466 e. The molecule has 27 heavy (non-hydrogen) atoms. The summed E-state index contributed by atoms with van der Waals surface area (Å²) in [5, 5.41) is 5.29. The average molecular weight is 384 g/mol. The minimum atomic E-state index is -0.448. The fourth-order valence-electron chi connectivity index (χ4n) is 2.53. The van der Waals surface area contributed by atoms with Crippen LogP contribution in [-0.4, -0.2) is 16.9 Å². The smallest absolute Gasteiger partial charge is 0.342 e. The third-order valence-corrected chi connectivity index (χ3v) is 4.76. The van der Waals surface area contributed by atoms with Crippen molar-refractivity contribution >= 4 is 28.9 Å². The molecular weight excluding hydrogens is 364 g/mol.